The second-order valence-corrected chi connectivity index (χ2v) is 7.41. The Kier molecular flexibility index (Phi) is 3.98. The van der Waals surface area contributed by atoms with E-state index in [0.29, 0.717) is 6.42 Å². The SMILES string of the molecule is O=C(O)C1=CN2C3CC([N+](=O)[O-])CCC3OC3C(F)C(F)CC(C1=O)C32. The minimum atomic E-state index is -1.92. The smallest absolute Gasteiger partial charge is 0.340 e. The zero-order chi connectivity index (χ0) is 18.7. The first-order valence-electron chi connectivity index (χ1n) is 8.63. The summed E-state index contributed by atoms with van der Waals surface area (Å²) in [5, 5.41) is 20.5. The van der Waals surface area contributed by atoms with Crippen LogP contribution in [0.2, 0.25) is 0 Å². The third-order valence-corrected chi connectivity index (χ3v) is 6.08. The van der Waals surface area contributed by atoms with Gasteiger partial charge in [0.15, 0.2) is 12.0 Å². The summed E-state index contributed by atoms with van der Waals surface area (Å²) in [6.45, 7) is 0. The van der Waals surface area contributed by atoms with Gasteiger partial charge in [0.1, 0.15) is 17.8 Å². The van der Waals surface area contributed by atoms with Crippen LogP contribution >= 0.6 is 0 Å². The molecule has 8 nitrogen and oxygen atoms in total. The fourth-order valence-corrected chi connectivity index (χ4v) is 4.87. The van der Waals surface area contributed by atoms with Crippen LogP contribution in [0.15, 0.2) is 11.8 Å². The zero-order valence-corrected chi connectivity index (χ0v) is 13.7. The molecule has 0 radical (unpaired) electrons. The van der Waals surface area contributed by atoms with Gasteiger partial charge < -0.3 is 14.7 Å². The number of Topliss-reactive ketones (excluding diaryl/α,β-unsaturated/α-hetero) is 1. The van der Waals surface area contributed by atoms with E-state index in [1.807, 2.05) is 0 Å². The highest BCUT2D eigenvalue weighted by molar-refractivity contribution is 6.18. The van der Waals surface area contributed by atoms with Crippen molar-refractivity contribution in [2.75, 3.05) is 0 Å². The maximum atomic E-state index is 14.5. The molecule has 0 amide bonds. The van der Waals surface area contributed by atoms with Gasteiger partial charge in [-0.3, -0.25) is 14.9 Å². The number of nitro groups is 1. The van der Waals surface area contributed by atoms with Crippen LogP contribution in [0.25, 0.3) is 0 Å². The molecule has 8 atom stereocenters. The number of ketones is 1. The molecule has 26 heavy (non-hydrogen) atoms. The summed E-state index contributed by atoms with van der Waals surface area (Å²) in [5.41, 5.74) is -0.488. The van der Waals surface area contributed by atoms with Crippen molar-refractivity contribution >= 4 is 11.8 Å². The number of fused-ring (bicyclic) bond motifs is 2. The van der Waals surface area contributed by atoms with E-state index in [9.17, 15) is 33.6 Å². The van der Waals surface area contributed by atoms with Crippen molar-refractivity contribution in [2.45, 2.75) is 68.4 Å². The van der Waals surface area contributed by atoms with Gasteiger partial charge in [-0.1, -0.05) is 0 Å². The van der Waals surface area contributed by atoms with Gasteiger partial charge >= 0.3 is 5.97 Å². The molecule has 2 aliphatic heterocycles. The highest BCUT2D eigenvalue weighted by atomic mass is 19.2. The number of morpholine rings is 1. The molecule has 142 valence electrons. The number of alkyl halides is 2. The number of hydrogen-bond acceptors (Lipinski definition) is 6. The van der Waals surface area contributed by atoms with Crippen molar-refractivity contribution in [3.8, 4) is 0 Å². The summed E-state index contributed by atoms with van der Waals surface area (Å²) in [6.07, 6.45) is -4.16. The molecule has 0 aromatic rings. The minimum absolute atomic E-state index is 0.112. The van der Waals surface area contributed by atoms with Gasteiger partial charge in [0, 0.05) is 29.9 Å². The molecule has 4 aliphatic rings. The Morgan fingerprint density at radius 3 is 2.73 bits per heavy atom. The third kappa shape index (κ3) is 2.42. The van der Waals surface area contributed by atoms with Gasteiger partial charge in [0.05, 0.1) is 18.2 Å². The first-order valence-corrected chi connectivity index (χ1v) is 8.63. The summed E-state index contributed by atoms with van der Waals surface area (Å²) in [6, 6.07) is -2.18. The molecule has 0 spiro atoms. The monoisotopic (exact) mass is 372 g/mol. The number of carbonyl (C=O) groups excluding carboxylic acids is 1. The van der Waals surface area contributed by atoms with E-state index in [-0.39, 0.29) is 17.8 Å². The van der Waals surface area contributed by atoms with E-state index in [0.717, 1.165) is 6.20 Å². The highest BCUT2D eigenvalue weighted by Gasteiger charge is 2.60. The summed E-state index contributed by atoms with van der Waals surface area (Å²) in [5.74, 6) is -3.20. The fourth-order valence-electron chi connectivity index (χ4n) is 4.87. The van der Waals surface area contributed by atoms with Crippen LogP contribution in [-0.4, -0.2) is 69.4 Å². The van der Waals surface area contributed by atoms with Crippen molar-refractivity contribution in [1.29, 1.82) is 0 Å². The molecule has 0 aromatic carbocycles. The number of nitrogens with zero attached hydrogens (tertiary/aromatic N) is 2. The van der Waals surface area contributed by atoms with Crippen LogP contribution < -0.4 is 0 Å². The van der Waals surface area contributed by atoms with Gasteiger partial charge in [-0.15, -0.1) is 0 Å². The van der Waals surface area contributed by atoms with Gasteiger partial charge in [0.25, 0.3) is 0 Å². The van der Waals surface area contributed by atoms with Crippen LogP contribution in [-0.2, 0) is 14.3 Å². The Labute approximate surface area is 146 Å². The topological polar surface area (TPSA) is 110 Å². The number of carbonyl (C=O) groups is 2. The number of aliphatic carboxylic acids is 1. The second-order valence-electron chi connectivity index (χ2n) is 7.41. The largest absolute Gasteiger partial charge is 0.478 e. The lowest BCUT2D eigenvalue weighted by Gasteiger charge is -2.57. The van der Waals surface area contributed by atoms with Crippen molar-refractivity contribution in [2.24, 2.45) is 5.92 Å². The van der Waals surface area contributed by atoms with Crippen LogP contribution in [0.4, 0.5) is 8.78 Å². The average Bonchev–Trinajstić information content (AvgIpc) is 2.60. The molecule has 1 saturated heterocycles. The fraction of sp³-hybridized carbons (Fsp3) is 0.750. The number of rotatable bonds is 2. The Morgan fingerprint density at radius 1 is 1.35 bits per heavy atom. The van der Waals surface area contributed by atoms with E-state index in [1.54, 1.807) is 4.90 Å². The number of carboxylic acid groups (broad SMARTS) is 1. The third-order valence-electron chi connectivity index (χ3n) is 6.08. The van der Waals surface area contributed by atoms with Crippen molar-refractivity contribution < 1.29 is 33.1 Å². The first kappa shape index (κ1) is 17.3. The van der Waals surface area contributed by atoms with E-state index in [4.69, 9.17) is 4.74 Å². The molecule has 2 aliphatic carbocycles. The first-order chi connectivity index (χ1) is 12.3. The van der Waals surface area contributed by atoms with Crippen LogP contribution in [0.5, 0.6) is 0 Å². The molecule has 0 aromatic heterocycles. The maximum absolute atomic E-state index is 14.5. The van der Waals surface area contributed by atoms with Crippen LogP contribution in [0, 0.1) is 16.0 Å². The number of ether oxygens (including phenoxy) is 1. The Balaban J connectivity index is 1.76. The van der Waals surface area contributed by atoms with Gasteiger partial charge in [-0.25, -0.2) is 13.6 Å². The maximum Gasteiger partial charge on any atom is 0.340 e. The summed E-state index contributed by atoms with van der Waals surface area (Å²) in [7, 11) is 0. The zero-order valence-electron chi connectivity index (χ0n) is 13.7. The summed E-state index contributed by atoms with van der Waals surface area (Å²) >= 11 is 0. The van der Waals surface area contributed by atoms with E-state index >= 15 is 0 Å². The van der Waals surface area contributed by atoms with Gasteiger partial charge in [0.2, 0.25) is 6.04 Å². The minimum Gasteiger partial charge on any atom is -0.478 e. The lowest BCUT2D eigenvalue weighted by Crippen LogP contribution is -2.70. The lowest BCUT2D eigenvalue weighted by molar-refractivity contribution is -0.529. The number of hydrogen-bond donors (Lipinski definition) is 1. The second kappa shape index (κ2) is 5.97. The van der Waals surface area contributed by atoms with Crippen LogP contribution in [0.1, 0.15) is 25.7 Å². The standard InChI is InChI=1S/C16H18F2N2O6/c17-9-4-7-13-15(12(9)18)26-11-2-1-6(20(24)25)3-10(11)19(13)5-8(14(7)21)16(22)23/h5-7,9-13,15H,1-4H2,(H,22,23). The molecular formula is C16H18F2N2O6. The molecule has 8 unspecified atom stereocenters. The highest BCUT2D eigenvalue weighted by Crippen LogP contribution is 2.46. The molecule has 0 bridgehead atoms. The van der Waals surface area contributed by atoms with E-state index < -0.39 is 72.3 Å². The lowest BCUT2D eigenvalue weighted by atomic mass is 9.70. The van der Waals surface area contributed by atoms with Gasteiger partial charge in [-0.2, -0.15) is 0 Å². The number of carboxylic acids is 1. The van der Waals surface area contributed by atoms with Crippen molar-refractivity contribution in [3.05, 3.63) is 21.9 Å². The molecule has 4 rings (SSSR count). The molecule has 10 heteroatoms. The predicted molar refractivity (Wildman–Crippen MR) is 81.3 cm³/mol. The van der Waals surface area contributed by atoms with Crippen molar-refractivity contribution in [3.63, 3.8) is 0 Å². The van der Waals surface area contributed by atoms with Crippen molar-refractivity contribution in [1.82, 2.24) is 4.90 Å². The average molecular weight is 372 g/mol. The molecule has 3 fully saturated rings. The van der Waals surface area contributed by atoms with Gasteiger partial charge in [-0.05, 0) is 12.8 Å². The predicted octanol–water partition coefficient (Wildman–Crippen LogP) is 0.869. The Morgan fingerprint density at radius 2 is 2.08 bits per heavy atom. The van der Waals surface area contributed by atoms with E-state index in [2.05, 4.69) is 0 Å². The molecule has 2 heterocycles. The molecular weight excluding hydrogens is 354 g/mol. The normalized spacial score (nSPS) is 44.6. The quantitative estimate of drug-likeness (QED) is 0.435. The molecule has 2 saturated carbocycles. The Bertz CT molecular complexity index is 700. The Hall–Kier alpha value is -2.10. The number of halogens is 2. The summed E-state index contributed by atoms with van der Waals surface area (Å²) < 4.78 is 34.4. The molecule has 1 N–H and O–H groups in total. The summed E-state index contributed by atoms with van der Waals surface area (Å²) in [4.78, 5) is 36.3. The van der Waals surface area contributed by atoms with E-state index in [1.165, 1.54) is 0 Å². The van der Waals surface area contributed by atoms with Crippen LogP contribution in [0.3, 0.4) is 0 Å².